The van der Waals surface area contributed by atoms with Crippen molar-refractivity contribution in [3.63, 3.8) is 0 Å². The van der Waals surface area contributed by atoms with Gasteiger partial charge in [0.2, 0.25) is 0 Å². The number of nitrogen functional groups attached to an aromatic ring is 1. The average Bonchev–Trinajstić information content (AvgIpc) is 2.40. The number of nitrogens with zero attached hydrogens (tertiary/aromatic N) is 1. The molecule has 0 aliphatic rings. The lowest BCUT2D eigenvalue weighted by molar-refractivity contribution is -0.384. The maximum Gasteiger partial charge on any atom is 0.296 e. The van der Waals surface area contributed by atoms with Gasteiger partial charge in [0.25, 0.3) is 15.8 Å². The molecule has 2 rings (SSSR count). The first kappa shape index (κ1) is 14.8. The maximum absolute atomic E-state index is 11.3. The number of nitro groups is 1. The van der Waals surface area contributed by atoms with Crippen LogP contribution in [0, 0.1) is 10.1 Å². The second kappa shape index (κ2) is 5.38. The molecule has 0 saturated carbocycles. The van der Waals surface area contributed by atoms with Gasteiger partial charge in [0.1, 0.15) is 4.90 Å². The van der Waals surface area contributed by atoms with Crippen molar-refractivity contribution in [2.75, 3.05) is 11.1 Å². The molecule has 0 spiro atoms. The predicted octanol–water partition coefficient (Wildman–Crippen LogP) is 2.17. The predicted molar refractivity (Wildman–Crippen MR) is 77.0 cm³/mol. The monoisotopic (exact) mass is 309 g/mol. The smallest absolute Gasteiger partial charge is 0.296 e. The van der Waals surface area contributed by atoms with Crippen molar-refractivity contribution < 1.29 is 17.9 Å². The van der Waals surface area contributed by atoms with Crippen molar-refractivity contribution in [3.8, 4) is 0 Å². The van der Waals surface area contributed by atoms with E-state index in [0.717, 1.165) is 6.07 Å². The molecular weight excluding hydrogens is 298 g/mol. The van der Waals surface area contributed by atoms with Gasteiger partial charge in [-0.05, 0) is 30.3 Å². The number of anilines is 3. The van der Waals surface area contributed by atoms with E-state index in [2.05, 4.69) is 5.32 Å². The molecule has 110 valence electrons. The summed E-state index contributed by atoms with van der Waals surface area (Å²) < 4.78 is 31.8. The van der Waals surface area contributed by atoms with Crippen LogP contribution in [0.1, 0.15) is 0 Å². The van der Waals surface area contributed by atoms with Gasteiger partial charge in [-0.1, -0.05) is 0 Å². The molecule has 8 nitrogen and oxygen atoms in total. The lowest BCUT2D eigenvalue weighted by Gasteiger charge is -2.10. The Hall–Kier alpha value is -2.65. The molecule has 0 bridgehead atoms. The largest absolute Gasteiger partial charge is 0.399 e. The first-order valence-electron chi connectivity index (χ1n) is 5.66. The van der Waals surface area contributed by atoms with Crippen LogP contribution in [0.2, 0.25) is 0 Å². The standard InChI is InChI=1S/C12H11N3O5S/c13-8-1-6-11(12(7-8)21(18,19)20)14-9-2-4-10(5-3-9)15(16)17/h1-7,14H,13H2,(H,18,19,20). The Labute approximate surface area is 120 Å². The molecule has 0 aromatic heterocycles. The Morgan fingerprint density at radius 1 is 1.14 bits per heavy atom. The number of hydrogen-bond donors (Lipinski definition) is 3. The number of nitrogens with one attached hydrogen (secondary N) is 1. The summed E-state index contributed by atoms with van der Waals surface area (Å²) in [6.45, 7) is 0. The zero-order valence-electron chi connectivity index (χ0n) is 10.6. The molecule has 2 aromatic carbocycles. The highest BCUT2D eigenvalue weighted by Crippen LogP contribution is 2.27. The summed E-state index contributed by atoms with van der Waals surface area (Å²) in [5, 5.41) is 13.3. The second-order valence-corrected chi connectivity index (χ2v) is 5.55. The van der Waals surface area contributed by atoms with Crippen LogP contribution in [0.15, 0.2) is 47.4 Å². The number of non-ortho nitro benzene ring substituents is 1. The van der Waals surface area contributed by atoms with Gasteiger partial charge in [-0.15, -0.1) is 0 Å². The molecule has 9 heteroatoms. The van der Waals surface area contributed by atoms with Crippen molar-refractivity contribution in [1.82, 2.24) is 0 Å². The summed E-state index contributed by atoms with van der Waals surface area (Å²) in [5.74, 6) is 0. The first-order chi connectivity index (χ1) is 9.77. The van der Waals surface area contributed by atoms with Crippen molar-refractivity contribution in [2.45, 2.75) is 4.90 Å². The van der Waals surface area contributed by atoms with E-state index in [1.807, 2.05) is 0 Å². The summed E-state index contributed by atoms with van der Waals surface area (Å²) >= 11 is 0. The Balaban J connectivity index is 2.38. The highest BCUT2D eigenvalue weighted by atomic mass is 32.2. The maximum atomic E-state index is 11.3. The van der Waals surface area contributed by atoms with E-state index < -0.39 is 15.0 Å². The van der Waals surface area contributed by atoms with Crippen molar-refractivity contribution in [1.29, 1.82) is 0 Å². The van der Waals surface area contributed by atoms with Crippen LogP contribution in [0.25, 0.3) is 0 Å². The third kappa shape index (κ3) is 3.46. The van der Waals surface area contributed by atoms with Crippen LogP contribution in [0.3, 0.4) is 0 Å². The molecule has 0 amide bonds. The minimum absolute atomic E-state index is 0.0899. The molecule has 0 atom stereocenters. The Morgan fingerprint density at radius 2 is 1.76 bits per heavy atom. The molecule has 2 aromatic rings. The minimum Gasteiger partial charge on any atom is -0.399 e. The molecule has 0 aliphatic carbocycles. The van der Waals surface area contributed by atoms with E-state index in [1.54, 1.807) is 0 Å². The fraction of sp³-hybridized carbons (Fsp3) is 0. The van der Waals surface area contributed by atoms with E-state index in [-0.39, 0.29) is 22.0 Å². The van der Waals surface area contributed by atoms with Gasteiger partial charge in [0.15, 0.2) is 0 Å². The van der Waals surface area contributed by atoms with Gasteiger partial charge in [-0.25, -0.2) is 0 Å². The van der Waals surface area contributed by atoms with E-state index in [1.165, 1.54) is 36.4 Å². The Bertz CT molecular complexity index is 787. The molecule has 0 radical (unpaired) electrons. The molecule has 0 aliphatic heterocycles. The zero-order valence-corrected chi connectivity index (χ0v) is 11.4. The third-order valence-electron chi connectivity index (χ3n) is 2.64. The second-order valence-electron chi connectivity index (χ2n) is 4.16. The van der Waals surface area contributed by atoms with E-state index in [4.69, 9.17) is 5.73 Å². The molecular formula is C12H11N3O5S. The SMILES string of the molecule is Nc1ccc(Nc2ccc([N+](=O)[O-])cc2)c(S(=O)(=O)O)c1. The molecule has 21 heavy (non-hydrogen) atoms. The summed E-state index contributed by atoms with van der Waals surface area (Å²) in [5.41, 5.74) is 6.12. The van der Waals surface area contributed by atoms with Crippen LogP contribution in [0.5, 0.6) is 0 Å². The quantitative estimate of drug-likeness (QED) is 0.341. The van der Waals surface area contributed by atoms with Crippen LogP contribution < -0.4 is 11.1 Å². The highest BCUT2D eigenvalue weighted by molar-refractivity contribution is 7.86. The van der Waals surface area contributed by atoms with Crippen molar-refractivity contribution in [3.05, 3.63) is 52.6 Å². The summed E-state index contributed by atoms with van der Waals surface area (Å²) in [6.07, 6.45) is 0. The number of nitro benzene ring substituents is 1. The van der Waals surface area contributed by atoms with Gasteiger partial charge in [-0.2, -0.15) is 8.42 Å². The number of rotatable bonds is 4. The van der Waals surface area contributed by atoms with Crippen molar-refractivity contribution in [2.24, 2.45) is 0 Å². The van der Waals surface area contributed by atoms with Gasteiger partial charge >= 0.3 is 0 Å². The molecule has 0 unspecified atom stereocenters. The summed E-state index contributed by atoms with van der Waals surface area (Å²) in [7, 11) is -4.45. The molecule has 0 fully saturated rings. The number of benzene rings is 2. The fourth-order valence-corrected chi connectivity index (χ4v) is 2.36. The van der Waals surface area contributed by atoms with Crippen LogP contribution in [-0.2, 0) is 10.1 Å². The van der Waals surface area contributed by atoms with Crippen LogP contribution in [-0.4, -0.2) is 17.9 Å². The van der Waals surface area contributed by atoms with Crippen molar-refractivity contribution >= 4 is 32.9 Å². The highest BCUT2D eigenvalue weighted by Gasteiger charge is 2.16. The normalized spacial score (nSPS) is 11.1. The topological polar surface area (TPSA) is 136 Å². The Kier molecular flexibility index (Phi) is 3.78. The Morgan fingerprint density at radius 3 is 2.29 bits per heavy atom. The van der Waals surface area contributed by atoms with Crippen LogP contribution >= 0.6 is 0 Å². The van der Waals surface area contributed by atoms with Gasteiger partial charge in [0.05, 0.1) is 10.6 Å². The lowest BCUT2D eigenvalue weighted by atomic mass is 10.2. The fourth-order valence-electron chi connectivity index (χ4n) is 1.68. The van der Waals surface area contributed by atoms with Crippen LogP contribution in [0.4, 0.5) is 22.7 Å². The molecule has 0 saturated heterocycles. The molecule has 0 heterocycles. The molecule has 4 N–H and O–H groups in total. The van der Waals surface area contributed by atoms with Gasteiger partial charge < -0.3 is 11.1 Å². The minimum atomic E-state index is -4.45. The first-order valence-corrected chi connectivity index (χ1v) is 7.10. The van der Waals surface area contributed by atoms with E-state index >= 15 is 0 Å². The average molecular weight is 309 g/mol. The third-order valence-corrected chi connectivity index (χ3v) is 3.53. The van der Waals surface area contributed by atoms with E-state index in [9.17, 15) is 23.1 Å². The lowest BCUT2D eigenvalue weighted by Crippen LogP contribution is -2.04. The zero-order chi connectivity index (χ0) is 15.6. The van der Waals surface area contributed by atoms with Gasteiger partial charge in [-0.3, -0.25) is 14.7 Å². The van der Waals surface area contributed by atoms with E-state index in [0.29, 0.717) is 5.69 Å². The number of hydrogen-bond acceptors (Lipinski definition) is 6. The number of nitrogens with two attached hydrogens (primary N) is 1. The summed E-state index contributed by atoms with van der Waals surface area (Å²) in [4.78, 5) is 9.63. The van der Waals surface area contributed by atoms with Gasteiger partial charge in [0, 0.05) is 23.5 Å². The summed E-state index contributed by atoms with van der Waals surface area (Å²) in [6, 6.07) is 9.34.